The summed E-state index contributed by atoms with van der Waals surface area (Å²) in [5.74, 6) is 0.582. The largest absolute Gasteiger partial charge is 0.486 e. The summed E-state index contributed by atoms with van der Waals surface area (Å²) in [4.78, 5) is 27.2. The molecule has 1 aliphatic heterocycles. The van der Waals surface area contributed by atoms with Gasteiger partial charge in [-0.25, -0.2) is 4.39 Å². The average Bonchev–Trinajstić information content (AvgIpc) is 3.42. The van der Waals surface area contributed by atoms with Crippen molar-refractivity contribution in [2.45, 2.75) is 32.4 Å². The lowest BCUT2D eigenvalue weighted by molar-refractivity contribution is -0.132. The van der Waals surface area contributed by atoms with Gasteiger partial charge >= 0.3 is 0 Å². The zero-order valence-corrected chi connectivity index (χ0v) is 20.4. The molecule has 6 nitrogen and oxygen atoms in total. The molecule has 188 valence electrons. The third kappa shape index (κ3) is 5.40. The zero-order valence-electron chi connectivity index (χ0n) is 20.4. The van der Waals surface area contributed by atoms with Crippen molar-refractivity contribution in [3.8, 4) is 5.75 Å². The summed E-state index contributed by atoms with van der Waals surface area (Å²) in [6.07, 6.45) is 1.24. The number of nitrogens with zero attached hydrogens (tertiary/aromatic N) is 1. The normalized spacial score (nSPS) is 14.6. The molecule has 37 heavy (non-hydrogen) atoms. The second-order valence-corrected chi connectivity index (χ2v) is 8.88. The van der Waals surface area contributed by atoms with E-state index in [1.165, 1.54) is 29.8 Å². The molecular weight excluding hydrogens is 471 g/mol. The van der Waals surface area contributed by atoms with Gasteiger partial charge in [0.2, 0.25) is 5.91 Å². The first kappa shape index (κ1) is 24.3. The van der Waals surface area contributed by atoms with Gasteiger partial charge in [-0.15, -0.1) is 0 Å². The Hall–Kier alpha value is -4.39. The number of anilines is 1. The summed E-state index contributed by atoms with van der Waals surface area (Å²) in [5.41, 5.74) is 3.78. The van der Waals surface area contributed by atoms with E-state index in [0.717, 1.165) is 17.5 Å². The van der Waals surface area contributed by atoms with Crippen LogP contribution >= 0.6 is 0 Å². The van der Waals surface area contributed by atoms with Crippen LogP contribution in [0.4, 0.5) is 10.1 Å². The molecule has 2 amide bonds. The van der Waals surface area contributed by atoms with Gasteiger partial charge in [-0.3, -0.25) is 9.59 Å². The minimum absolute atomic E-state index is 0.118. The van der Waals surface area contributed by atoms with Crippen molar-refractivity contribution in [2.75, 3.05) is 11.9 Å². The van der Waals surface area contributed by atoms with E-state index in [1.54, 1.807) is 12.1 Å². The lowest BCUT2D eigenvalue weighted by Gasteiger charge is -2.38. The molecular formula is C30H27FN2O4. The molecule has 1 N–H and O–H groups in total. The van der Waals surface area contributed by atoms with Gasteiger partial charge in [0.15, 0.2) is 5.76 Å². The van der Waals surface area contributed by atoms with Crippen molar-refractivity contribution in [3.63, 3.8) is 0 Å². The van der Waals surface area contributed by atoms with Crippen molar-refractivity contribution in [2.24, 2.45) is 0 Å². The van der Waals surface area contributed by atoms with Crippen LogP contribution in [0.3, 0.4) is 0 Å². The molecule has 0 aliphatic carbocycles. The third-order valence-electron chi connectivity index (χ3n) is 6.45. The molecule has 5 rings (SSSR count). The van der Waals surface area contributed by atoms with Crippen LogP contribution in [0, 0.1) is 5.82 Å². The number of carbonyl (C=O) groups excluding carboxylic acids is 2. The van der Waals surface area contributed by atoms with E-state index in [9.17, 15) is 14.0 Å². The van der Waals surface area contributed by atoms with E-state index in [2.05, 4.69) is 11.4 Å². The smallest absolute Gasteiger partial charge is 0.291 e. The summed E-state index contributed by atoms with van der Waals surface area (Å²) in [5, 5.41) is 2.67. The predicted molar refractivity (Wildman–Crippen MR) is 138 cm³/mol. The summed E-state index contributed by atoms with van der Waals surface area (Å²) in [6.45, 7) is 2.70. The number of hydrogen-bond donors (Lipinski definition) is 1. The fourth-order valence-corrected chi connectivity index (χ4v) is 4.61. The molecule has 1 aromatic heterocycles. The number of rotatable bonds is 7. The summed E-state index contributed by atoms with van der Waals surface area (Å²) < 4.78 is 24.8. The highest BCUT2D eigenvalue weighted by Crippen LogP contribution is 2.37. The molecule has 0 saturated heterocycles. The minimum atomic E-state index is -0.432. The van der Waals surface area contributed by atoms with Crippen LogP contribution < -0.4 is 10.1 Å². The quantitative estimate of drug-likeness (QED) is 0.333. The first-order valence-electron chi connectivity index (χ1n) is 12.3. The number of nitrogens with one attached hydrogen (secondary N) is 1. The van der Waals surface area contributed by atoms with E-state index in [0.29, 0.717) is 30.2 Å². The summed E-state index contributed by atoms with van der Waals surface area (Å²) >= 11 is 0. The van der Waals surface area contributed by atoms with Crippen molar-refractivity contribution in [3.05, 3.63) is 119 Å². The molecule has 7 heteroatoms. The highest BCUT2D eigenvalue weighted by Gasteiger charge is 2.31. The van der Waals surface area contributed by atoms with E-state index in [1.807, 2.05) is 54.3 Å². The number of fused-ring (bicyclic) bond motifs is 1. The van der Waals surface area contributed by atoms with Crippen LogP contribution in [0.1, 0.15) is 52.4 Å². The molecule has 1 atom stereocenters. The standard InChI is InChI=1S/C30H27FN2O4/c1-2-28(34)33-17-16-20-8-13-24(18-26(20)29(33)21-6-4-3-5-7-21)36-19-25-14-15-27(37-25)30(35)32-23-11-9-22(31)10-12-23/h3-15,18,29H,2,16-17,19H2,1H3,(H,32,35). The lowest BCUT2D eigenvalue weighted by atomic mass is 9.87. The molecule has 0 saturated carbocycles. The van der Waals surface area contributed by atoms with Gasteiger partial charge < -0.3 is 19.4 Å². The van der Waals surface area contributed by atoms with Gasteiger partial charge in [0.1, 0.15) is 23.9 Å². The van der Waals surface area contributed by atoms with Gasteiger partial charge in [-0.2, -0.15) is 0 Å². The van der Waals surface area contributed by atoms with Crippen molar-refractivity contribution < 1.29 is 23.1 Å². The van der Waals surface area contributed by atoms with Gasteiger partial charge in [0.05, 0.1) is 6.04 Å². The fourth-order valence-electron chi connectivity index (χ4n) is 4.61. The summed E-state index contributed by atoms with van der Waals surface area (Å²) in [7, 11) is 0. The van der Waals surface area contributed by atoms with Crippen LogP contribution in [0.5, 0.6) is 5.75 Å². The first-order chi connectivity index (χ1) is 18.0. The highest BCUT2D eigenvalue weighted by molar-refractivity contribution is 6.02. The molecule has 0 bridgehead atoms. The summed E-state index contributed by atoms with van der Waals surface area (Å²) in [6, 6.07) is 24.6. The highest BCUT2D eigenvalue weighted by atomic mass is 19.1. The maximum atomic E-state index is 13.1. The van der Waals surface area contributed by atoms with E-state index in [-0.39, 0.29) is 30.1 Å². The van der Waals surface area contributed by atoms with Crippen LogP contribution in [-0.4, -0.2) is 23.3 Å². The van der Waals surface area contributed by atoms with Gasteiger partial charge in [0, 0.05) is 18.7 Å². The Labute approximate surface area is 214 Å². The van der Waals surface area contributed by atoms with Crippen LogP contribution in [0.15, 0.2) is 89.3 Å². The number of carbonyl (C=O) groups is 2. The van der Waals surface area contributed by atoms with E-state index < -0.39 is 5.91 Å². The monoisotopic (exact) mass is 498 g/mol. The number of amides is 2. The maximum absolute atomic E-state index is 13.1. The van der Waals surface area contributed by atoms with E-state index in [4.69, 9.17) is 9.15 Å². The number of benzene rings is 3. The van der Waals surface area contributed by atoms with Crippen molar-refractivity contribution >= 4 is 17.5 Å². The van der Waals surface area contributed by atoms with Gasteiger partial charge in [0.25, 0.3) is 5.91 Å². The predicted octanol–water partition coefficient (Wildman–Crippen LogP) is 6.13. The Balaban J connectivity index is 1.31. The van der Waals surface area contributed by atoms with Crippen LogP contribution in [-0.2, 0) is 17.8 Å². The number of ether oxygens (including phenoxy) is 1. The second kappa shape index (κ2) is 10.7. The topological polar surface area (TPSA) is 71.8 Å². The molecule has 0 spiro atoms. The Morgan fingerprint density at radius 1 is 1.03 bits per heavy atom. The van der Waals surface area contributed by atoms with E-state index >= 15 is 0 Å². The Morgan fingerprint density at radius 3 is 2.57 bits per heavy atom. The Kier molecular flexibility index (Phi) is 7.03. The molecule has 2 heterocycles. The van der Waals surface area contributed by atoms with Crippen molar-refractivity contribution in [1.82, 2.24) is 4.90 Å². The minimum Gasteiger partial charge on any atom is -0.486 e. The SMILES string of the molecule is CCC(=O)N1CCc2ccc(OCc3ccc(C(=O)Nc4ccc(F)cc4)o3)cc2C1c1ccccc1. The van der Waals surface area contributed by atoms with Crippen LogP contribution in [0.25, 0.3) is 0 Å². The average molecular weight is 499 g/mol. The van der Waals surface area contributed by atoms with Crippen molar-refractivity contribution in [1.29, 1.82) is 0 Å². The number of halogens is 1. The molecule has 1 aliphatic rings. The molecule has 0 fully saturated rings. The molecule has 3 aromatic carbocycles. The first-order valence-corrected chi connectivity index (χ1v) is 12.3. The van der Waals surface area contributed by atoms with Gasteiger partial charge in [-0.05, 0) is 71.6 Å². The molecule has 0 radical (unpaired) electrons. The second-order valence-electron chi connectivity index (χ2n) is 8.88. The molecule has 1 unspecified atom stereocenters. The zero-order chi connectivity index (χ0) is 25.8. The van der Waals surface area contributed by atoms with Gasteiger partial charge in [-0.1, -0.05) is 43.3 Å². The fraction of sp³-hybridized carbons (Fsp3) is 0.200. The number of hydrogen-bond acceptors (Lipinski definition) is 4. The lowest BCUT2D eigenvalue weighted by Crippen LogP contribution is -2.40. The third-order valence-corrected chi connectivity index (χ3v) is 6.45. The molecule has 4 aromatic rings. The Bertz CT molecular complexity index is 1400. The Morgan fingerprint density at radius 2 is 1.81 bits per heavy atom. The number of furan rings is 1. The van der Waals surface area contributed by atoms with Crippen LogP contribution in [0.2, 0.25) is 0 Å². The maximum Gasteiger partial charge on any atom is 0.291 e.